The third kappa shape index (κ3) is 3.89. The van der Waals surface area contributed by atoms with Crippen molar-refractivity contribution >= 4 is 21.4 Å². The lowest BCUT2D eigenvalue weighted by molar-refractivity contribution is 0.468. The van der Waals surface area contributed by atoms with E-state index in [4.69, 9.17) is 0 Å². The molecule has 3 nitrogen and oxygen atoms in total. The number of hydrogen-bond donors (Lipinski definition) is 0. The van der Waals surface area contributed by atoms with Crippen molar-refractivity contribution in [1.82, 2.24) is 4.31 Å². The topological polar surface area (TPSA) is 37.4 Å². The summed E-state index contributed by atoms with van der Waals surface area (Å²) in [5.74, 6) is 0.275. The Balaban J connectivity index is 2.00. The van der Waals surface area contributed by atoms with Gasteiger partial charge < -0.3 is 0 Å². The third-order valence-corrected chi connectivity index (χ3v) is 7.73. The van der Waals surface area contributed by atoms with Crippen molar-refractivity contribution < 1.29 is 8.42 Å². The van der Waals surface area contributed by atoms with E-state index >= 15 is 0 Å². The fourth-order valence-electron chi connectivity index (χ4n) is 3.53. The number of allylic oxidation sites excluding steroid dienone is 1. The number of rotatable bonds is 7. The number of aryl methyl sites for hydroxylation is 1. The second kappa shape index (κ2) is 7.97. The first-order valence-electron chi connectivity index (χ1n) is 9.27. The van der Waals surface area contributed by atoms with Crippen molar-refractivity contribution in [2.75, 3.05) is 6.54 Å². The number of sulfonamides is 1. The number of benzene rings is 1. The van der Waals surface area contributed by atoms with Crippen LogP contribution in [0.1, 0.15) is 43.6 Å². The highest BCUT2D eigenvalue weighted by Gasteiger charge is 2.36. The summed E-state index contributed by atoms with van der Waals surface area (Å²) in [6.07, 6.45) is 3.91. The van der Waals surface area contributed by atoms with E-state index in [0.717, 1.165) is 30.5 Å². The molecule has 2 aromatic rings. The minimum atomic E-state index is -3.52. The van der Waals surface area contributed by atoms with E-state index < -0.39 is 10.0 Å². The summed E-state index contributed by atoms with van der Waals surface area (Å²) in [7, 11) is -3.52. The first-order valence-corrected chi connectivity index (χ1v) is 11.6. The molecule has 0 saturated carbocycles. The molecule has 1 atom stereocenters. The third-order valence-electron chi connectivity index (χ3n) is 5.04. The van der Waals surface area contributed by atoms with Crippen LogP contribution in [0.2, 0.25) is 0 Å². The van der Waals surface area contributed by atoms with Gasteiger partial charge in [0.25, 0.3) is 10.0 Å². The molecular formula is C21H27NO2S2. The van der Waals surface area contributed by atoms with Gasteiger partial charge in [0.2, 0.25) is 0 Å². The van der Waals surface area contributed by atoms with Gasteiger partial charge in [-0.15, -0.1) is 11.3 Å². The second-order valence-electron chi connectivity index (χ2n) is 7.08. The molecule has 1 aromatic heterocycles. The maximum absolute atomic E-state index is 13.3. The predicted molar refractivity (Wildman–Crippen MR) is 109 cm³/mol. The fraction of sp³-hybridized carbons (Fsp3) is 0.429. The van der Waals surface area contributed by atoms with Gasteiger partial charge in [-0.25, -0.2) is 8.42 Å². The Hall–Kier alpha value is -1.59. The van der Waals surface area contributed by atoms with Crippen molar-refractivity contribution in [3.8, 4) is 0 Å². The number of hydrogen-bond acceptors (Lipinski definition) is 3. The van der Waals surface area contributed by atoms with Crippen LogP contribution in [-0.4, -0.2) is 19.3 Å². The molecule has 0 amide bonds. The monoisotopic (exact) mass is 389 g/mol. The van der Waals surface area contributed by atoms with Crippen LogP contribution in [0, 0.1) is 12.8 Å². The first kappa shape index (κ1) is 19.2. The van der Waals surface area contributed by atoms with E-state index in [1.165, 1.54) is 10.5 Å². The van der Waals surface area contributed by atoms with E-state index in [1.54, 1.807) is 27.8 Å². The maximum Gasteiger partial charge on any atom is 0.264 e. The molecule has 1 aromatic carbocycles. The maximum atomic E-state index is 13.3. The van der Waals surface area contributed by atoms with Gasteiger partial charge in [-0.3, -0.25) is 4.31 Å². The first-order chi connectivity index (χ1) is 12.4. The van der Waals surface area contributed by atoms with Crippen molar-refractivity contribution in [2.24, 2.45) is 5.92 Å². The summed E-state index contributed by atoms with van der Waals surface area (Å²) in [5, 5.41) is 2.05. The lowest BCUT2D eigenvalue weighted by Gasteiger charge is -2.23. The number of thiophene rings is 1. The van der Waals surface area contributed by atoms with E-state index in [-0.39, 0.29) is 5.92 Å². The van der Waals surface area contributed by atoms with Crippen molar-refractivity contribution in [2.45, 2.75) is 51.3 Å². The summed E-state index contributed by atoms with van der Waals surface area (Å²) in [4.78, 5) is 1.60. The highest BCUT2D eigenvalue weighted by Crippen LogP contribution is 2.38. The fourth-order valence-corrected chi connectivity index (χ4v) is 5.87. The molecule has 1 aliphatic rings. The largest absolute Gasteiger partial charge is 0.269 e. The Morgan fingerprint density at radius 3 is 2.54 bits per heavy atom. The van der Waals surface area contributed by atoms with Gasteiger partial charge >= 0.3 is 0 Å². The Kier molecular flexibility index (Phi) is 5.88. The van der Waals surface area contributed by atoms with Crippen LogP contribution in [0.4, 0.5) is 0 Å². The molecule has 1 unspecified atom stereocenters. The lowest BCUT2D eigenvalue weighted by Crippen LogP contribution is -2.30. The molecular weight excluding hydrogens is 362 g/mol. The Morgan fingerprint density at radius 1 is 1.19 bits per heavy atom. The average Bonchev–Trinajstić information content (AvgIpc) is 3.23. The molecule has 0 radical (unpaired) electrons. The Morgan fingerprint density at radius 2 is 1.92 bits per heavy atom. The zero-order valence-corrected chi connectivity index (χ0v) is 17.4. The number of nitrogens with zero attached hydrogens (tertiary/aromatic N) is 1. The molecule has 0 bridgehead atoms. The quantitative estimate of drug-likeness (QED) is 0.637. The second-order valence-corrected chi connectivity index (χ2v) is 9.98. The molecule has 0 N–H and O–H groups in total. The minimum absolute atomic E-state index is 0.275. The summed E-state index contributed by atoms with van der Waals surface area (Å²) >= 11 is 1.69. The van der Waals surface area contributed by atoms with Gasteiger partial charge in [0.05, 0.1) is 4.90 Å². The summed E-state index contributed by atoms with van der Waals surface area (Å²) in [5.41, 5.74) is 3.38. The van der Waals surface area contributed by atoms with Gasteiger partial charge in [-0.05, 0) is 54.8 Å². The highest BCUT2D eigenvalue weighted by molar-refractivity contribution is 7.89. The summed E-state index contributed by atoms with van der Waals surface area (Å²) in [6.45, 7) is 6.86. The SMILES string of the molecule is CCCCC1=C(Cc2cccs2)N(S(=O)(=O)c2ccc(C)cc2)CC1C. The predicted octanol–water partition coefficient (Wildman–Crippen LogP) is 5.38. The number of unbranched alkanes of at least 4 members (excludes halogenated alkanes) is 1. The van der Waals surface area contributed by atoms with Gasteiger partial charge in [0, 0.05) is 23.5 Å². The molecule has 0 fully saturated rings. The van der Waals surface area contributed by atoms with Crippen LogP contribution in [0.15, 0.2) is 57.9 Å². The van der Waals surface area contributed by atoms with Gasteiger partial charge in [0.15, 0.2) is 0 Å². The van der Waals surface area contributed by atoms with Crippen molar-refractivity contribution in [3.05, 3.63) is 63.5 Å². The van der Waals surface area contributed by atoms with Crippen LogP contribution in [-0.2, 0) is 16.4 Å². The van der Waals surface area contributed by atoms with Gasteiger partial charge in [-0.2, -0.15) is 0 Å². The van der Waals surface area contributed by atoms with Crippen LogP contribution in [0.25, 0.3) is 0 Å². The molecule has 26 heavy (non-hydrogen) atoms. The normalized spacial score (nSPS) is 18.0. The van der Waals surface area contributed by atoms with Crippen LogP contribution >= 0.6 is 11.3 Å². The summed E-state index contributed by atoms with van der Waals surface area (Å²) in [6, 6.07) is 11.3. The van der Waals surface area contributed by atoms with E-state index in [9.17, 15) is 8.42 Å². The Labute approximate surface area is 161 Å². The summed E-state index contributed by atoms with van der Waals surface area (Å²) < 4.78 is 28.4. The zero-order chi connectivity index (χ0) is 18.7. The van der Waals surface area contributed by atoms with Crippen LogP contribution < -0.4 is 0 Å². The molecule has 1 aliphatic heterocycles. The van der Waals surface area contributed by atoms with Crippen LogP contribution in [0.5, 0.6) is 0 Å². The average molecular weight is 390 g/mol. The van der Waals surface area contributed by atoms with Crippen molar-refractivity contribution in [1.29, 1.82) is 0 Å². The molecule has 3 rings (SSSR count). The standard InChI is InChI=1S/C21H27NO2S2/c1-4-5-8-20-17(3)15-22(21(20)14-18-7-6-13-25-18)26(23,24)19-11-9-16(2)10-12-19/h6-7,9-13,17H,4-5,8,14-15H2,1-3H3. The lowest BCUT2D eigenvalue weighted by atomic mass is 9.96. The van der Waals surface area contributed by atoms with Crippen molar-refractivity contribution in [3.63, 3.8) is 0 Å². The van der Waals surface area contributed by atoms with Gasteiger partial charge in [-0.1, -0.05) is 44.0 Å². The minimum Gasteiger partial charge on any atom is -0.269 e. The highest BCUT2D eigenvalue weighted by atomic mass is 32.2. The molecule has 0 saturated heterocycles. The van der Waals surface area contributed by atoms with Crippen LogP contribution in [0.3, 0.4) is 0 Å². The van der Waals surface area contributed by atoms with E-state index in [2.05, 4.69) is 25.3 Å². The zero-order valence-electron chi connectivity index (χ0n) is 15.7. The molecule has 0 spiro atoms. The molecule has 5 heteroatoms. The molecule has 140 valence electrons. The van der Waals surface area contributed by atoms with E-state index in [1.807, 2.05) is 25.1 Å². The molecule has 2 heterocycles. The van der Waals surface area contributed by atoms with Gasteiger partial charge in [0.1, 0.15) is 0 Å². The molecule has 0 aliphatic carbocycles. The van der Waals surface area contributed by atoms with E-state index in [0.29, 0.717) is 17.9 Å². The smallest absolute Gasteiger partial charge is 0.264 e. The Bertz CT molecular complexity index is 865.